The number of benzene rings is 1. The molecule has 2 fully saturated rings. The Labute approximate surface area is 178 Å². The monoisotopic (exact) mass is 412 g/mol. The normalized spacial score (nSPS) is 23.0. The maximum Gasteiger partial charge on any atom is 0.255 e. The molecule has 0 radical (unpaired) electrons. The van der Waals surface area contributed by atoms with Gasteiger partial charge in [-0.15, -0.1) is 0 Å². The number of carbonyl (C=O) groups excluding carboxylic acids is 3. The number of hydrogen-bond acceptors (Lipinski definition) is 5. The summed E-state index contributed by atoms with van der Waals surface area (Å²) in [7, 11) is 0. The van der Waals surface area contributed by atoms with E-state index in [-0.39, 0.29) is 24.1 Å². The average Bonchev–Trinajstić information content (AvgIpc) is 3.05. The van der Waals surface area contributed by atoms with Crippen molar-refractivity contribution in [3.63, 3.8) is 0 Å². The van der Waals surface area contributed by atoms with E-state index >= 15 is 0 Å². The summed E-state index contributed by atoms with van der Waals surface area (Å²) >= 11 is 0. The summed E-state index contributed by atoms with van der Waals surface area (Å²) in [5.41, 5.74) is 2.81. The fraction of sp³-hybridized carbons (Fsp3) is 0.609. The molecule has 2 N–H and O–H groups in total. The number of amides is 3. The molecule has 0 aliphatic carbocycles. The lowest BCUT2D eigenvalue weighted by atomic mass is 10.0. The molecule has 3 heterocycles. The molecular weight excluding hydrogens is 380 g/mol. The van der Waals surface area contributed by atoms with Gasteiger partial charge in [-0.25, -0.2) is 0 Å². The lowest BCUT2D eigenvalue weighted by Crippen LogP contribution is -2.52. The second-order valence-corrected chi connectivity index (χ2v) is 8.75. The summed E-state index contributed by atoms with van der Waals surface area (Å²) in [5.74, 6) is -0.713. The predicted molar refractivity (Wildman–Crippen MR) is 114 cm³/mol. The van der Waals surface area contributed by atoms with E-state index < -0.39 is 6.04 Å². The Bertz CT molecular complexity index is 817. The molecule has 0 aromatic heterocycles. The number of imide groups is 1. The molecular formula is C23H32N4O3. The van der Waals surface area contributed by atoms with Crippen LogP contribution in [-0.2, 0) is 22.7 Å². The Morgan fingerprint density at radius 2 is 1.93 bits per heavy atom. The Hall–Kier alpha value is -2.25. The summed E-state index contributed by atoms with van der Waals surface area (Å²) in [6.07, 6.45) is 5.47. The van der Waals surface area contributed by atoms with Crippen LogP contribution in [-0.4, -0.2) is 59.2 Å². The maximum atomic E-state index is 13.0. The summed E-state index contributed by atoms with van der Waals surface area (Å²) in [4.78, 5) is 40.6. The summed E-state index contributed by atoms with van der Waals surface area (Å²) in [5, 5.41) is 6.01. The number of piperidine rings is 2. The van der Waals surface area contributed by atoms with Crippen LogP contribution in [0.25, 0.3) is 0 Å². The van der Waals surface area contributed by atoms with Crippen molar-refractivity contribution in [1.29, 1.82) is 0 Å². The molecule has 1 unspecified atom stereocenters. The van der Waals surface area contributed by atoms with Crippen molar-refractivity contribution in [3.05, 3.63) is 34.9 Å². The first-order valence-electron chi connectivity index (χ1n) is 11.3. The highest BCUT2D eigenvalue weighted by Gasteiger charge is 2.39. The third-order valence-electron chi connectivity index (χ3n) is 6.55. The largest absolute Gasteiger partial charge is 0.322 e. The van der Waals surface area contributed by atoms with Crippen molar-refractivity contribution in [1.82, 2.24) is 20.4 Å². The first-order valence-corrected chi connectivity index (χ1v) is 11.3. The van der Waals surface area contributed by atoms with E-state index in [2.05, 4.69) is 28.5 Å². The van der Waals surface area contributed by atoms with Crippen molar-refractivity contribution in [3.8, 4) is 0 Å². The zero-order chi connectivity index (χ0) is 21.1. The van der Waals surface area contributed by atoms with E-state index in [0.29, 0.717) is 24.6 Å². The van der Waals surface area contributed by atoms with Crippen LogP contribution >= 0.6 is 0 Å². The van der Waals surface area contributed by atoms with Gasteiger partial charge in [0, 0.05) is 31.1 Å². The smallest absolute Gasteiger partial charge is 0.255 e. The molecule has 1 aromatic carbocycles. The van der Waals surface area contributed by atoms with Gasteiger partial charge in [0.25, 0.3) is 5.91 Å². The van der Waals surface area contributed by atoms with Crippen LogP contribution in [0.5, 0.6) is 0 Å². The fourth-order valence-electron chi connectivity index (χ4n) is 4.74. The van der Waals surface area contributed by atoms with Gasteiger partial charge in [-0.1, -0.05) is 25.5 Å². The van der Waals surface area contributed by atoms with Gasteiger partial charge in [-0.05, 0) is 62.5 Å². The van der Waals surface area contributed by atoms with E-state index in [1.54, 1.807) is 4.90 Å². The van der Waals surface area contributed by atoms with E-state index in [1.807, 2.05) is 12.1 Å². The Kier molecular flexibility index (Phi) is 6.49. The highest BCUT2D eigenvalue weighted by atomic mass is 16.2. The average molecular weight is 413 g/mol. The molecule has 162 valence electrons. The number of unbranched alkanes of at least 4 members (excludes halogenated alkanes) is 1. The quantitative estimate of drug-likeness (QED) is 0.527. The Balaban J connectivity index is 1.34. The van der Waals surface area contributed by atoms with Crippen molar-refractivity contribution < 1.29 is 14.4 Å². The molecule has 0 bridgehead atoms. The van der Waals surface area contributed by atoms with Crippen LogP contribution in [0.2, 0.25) is 0 Å². The first-order chi connectivity index (χ1) is 14.5. The molecule has 2 saturated heterocycles. The first kappa shape index (κ1) is 21.0. The van der Waals surface area contributed by atoms with E-state index in [0.717, 1.165) is 50.1 Å². The molecule has 30 heavy (non-hydrogen) atoms. The maximum absolute atomic E-state index is 13.0. The Morgan fingerprint density at radius 3 is 2.67 bits per heavy atom. The van der Waals surface area contributed by atoms with Crippen LogP contribution in [0.3, 0.4) is 0 Å². The molecule has 1 atom stereocenters. The molecule has 0 spiro atoms. The minimum Gasteiger partial charge on any atom is -0.322 e. The molecule has 4 rings (SSSR count). The minimum absolute atomic E-state index is 0.0971. The van der Waals surface area contributed by atoms with Crippen LogP contribution in [0.4, 0.5) is 0 Å². The highest BCUT2D eigenvalue weighted by Crippen LogP contribution is 2.28. The second-order valence-electron chi connectivity index (χ2n) is 8.75. The summed E-state index contributed by atoms with van der Waals surface area (Å²) in [6, 6.07) is 6.19. The number of carbonyl (C=O) groups is 3. The van der Waals surface area contributed by atoms with Gasteiger partial charge in [-0.2, -0.15) is 0 Å². The van der Waals surface area contributed by atoms with Crippen molar-refractivity contribution in [2.24, 2.45) is 0 Å². The molecule has 0 saturated carbocycles. The van der Waals surface area contributed by atoms with Gasteiger partial charge >= 0.3 is 0 Å². The zero-order valence-corrected chi connectivity index (χ0v) is 17.8. The zero-order valence-electron chi connectivity index (χ0n) is 17.8. The van der Waals surface area contributed by atoms with Gasteiger partial charge in [0.2, 0.25) is 11.8 Å². The lowest BCUT2D eigenvalue weighted by Gasteiger charge is -2.32. The number of fused-ring (bicyclic) bond motifs is 1. The molecule has 1 aromatic rings. The number of hydrogen-bond donors (Lipinski definition) is 2. The van der Waals surface area contributed by atoms with E-state index in [9.17, 15) is 14.4 Å². The predicted octanol–water partition coefficient (Wildman–Crippen LogP) is 1.80. The van der Waals surface area contributed by atoms with Gasteiger partial charge in [0.1, 0.15) is 6.04 Å². The second kappa shape index (κ2) is 9.27. The molecule has 7 nitrogen and oxygen atoms in total. The number of nitrogens with one attached hydrogen (secondary N) is 2. The number of likely N-dealkylation sites (tertiary alicyclic amines) is 1. The molecule has 7 heteroatoms. The number of rotatable bonds is 7. The van der Waals surface area contributed by atoms with Crippen LogP contribution in [0.15, 0.2) is 18.2 Å². The van der Waals surface area contributed by atoms with Crippen molar-refractivity contribution in [2.75, 3.05) is 19.6 Å². The van der Waals surface area contributed by atoms with Crippen molar-refractivity contribution in [2.45, 2.75) is 70.6 Å². The van der Waals surface area contributed by atoms with Crippen LogP contribution in [0.1, 0.15) is 66.9 Å². The SMILES string of the molecule is CCCCNC1CCN(Cc2ccc3c(c2)C(=O)N(C2CCC(=O)NC2=O)C3)CC1. The van der Waals surface area contributed by atoms with Gasteiger partial charge < -0.3 is 10.2 Å². The number of nitrogens with zero attached hydrogens (tertiary/aromatic N) is 2. The topological polar surface area (TPSA) is 81.8 Å². The third-order valence-corrected chi connectivity index (χ3v) is 6.55. The van der Waals surface area contributed by atoms with Gasteiger partial charge in [0.05, 0.1) is 0 Å². The minimum atomic E-state index is -0.551. The highest BCUT2D eigenvalue weighted by molar-refractivity contribution is 6.05. The fourth-order valence-corrected chi connectivity index (χ4v) is 4.74. The third kappa shape index (κ3) is 4.57. The van der Waals surface area contributed by atoms with Gasteiger partial charge in [-0.3, -0.25) is 24.6 Å². The van der Waals surface area contributed by atoms with Gasteiger partial charge in [0.15, 0.2) is 0 Å². The lowest BCUT2D eigenvalue weighted by molar-refractivity contribution is -0.136. The van der Waals surface area contributed by atoms with Crippen LogP contribution in [0, 0.1) is 0 Å². The molecule has 3 aliphatic heterocycles. The van der Waals surface area contributed by atoms with E-state index in [4.69, 9.17) is 0 Å². The molecule has 3 aliphatic rings. The van der Waals surface area contributed by atoms with E-state index in [1.165, 1.54) is 12.8 Å². The Morgan fingerprint density at radius 1 is 1.13 bits per heavy atom. The summed E-state index contributed by atoms with van der Waals surface area (Å²) in [6.45, 7) is 6.75. The molecule has 3 amide bonds. The van der Waals surface area contributed by atoms with Crippen molar-refractivity contribution >= 4 is 17.7 Å². The standard InChI is InChI=1S/C23H32N4O3/c1-2-3-10-24-18-8-11-26(12-9-18)14-16-4-5-17-15-27(23(30)19(17)13-16)20-6-7-21(28)25-22(20)29/h4-5,13,18,20,24H,2-3,6-12,14-15H2,1H3,(H,25,28,29). The summed E-state index contributed by atoms with van der Waals surface area (Å²) < 4.78 is 0. The van der Waals surface area contributed by atoms with Crippen LogP contribution < -0.4 is 10.6 Å².